The highest BCUT2D eigenvalue weighted by Crippen LogP contribution is 2.35. The number of urea groups is 2. The fourth-order valence-corrected chi connectivity index (χ4v) is 5.50. The molecule has 37 heavy (non-hydrogen) atoms. The number of amides is 6. The monoisotopic (exact) mass is 546 g/mol. The van der Waals surface area contributed by atoms with Gasteiger partial charge in [-0.2, -0.15) is 18.5 Å². The Kier molecular flexibility index (Phi) is 6.88. The van der Waals surface area contributed by atoms with Gasteiger partial charge in [-0.15, -0.1) is 8.57 Å². The molecule has 10 N–H and O–H groups in total. The highest BCUT2D eigenvalue weighted by molar-refractivity contribution is 7.81. The zero-order valence-corrected chi connectivity index (χ0v) is 19.9. The van der Waals surface area contributed by atoms with Crippen molar-refractivity contribution in [3.8, 4) is 0 Å². The molecule has 4 heterocycles. The summed E-state index contributed by atoms with van der Waals surface area (Å²) in [6.45, 7) is -0.414. The van der Waals surface area contributed by atoms with E-state index in [1.54, 1.807) is 0 Å². The third kappa shape index (κ3) is 4.97. The van der Waals surface area contributed by atoms with Gasteiger partial charge in [-0.3, -0.25) is 9.59 Å². The summed E-state index contributed by atoms with van der Waals surface area (Å²) < 4.78 is 35.5. The number of aliphatic hydroxyl groups excluding tert-OH is 2. The van der Waals surface area contributed by atoms with Gasteiger partial charge in [-0.05, 0) is 11.1 Å². The van der Waals surface area contributed by atoms with Gasteiger partial charge >= 0.3 is 22.5 Å². The van der Waals surface area contributed by atoms with Crippen molar-refractivity contribution in [2.24, 2.45) is 22.9 Å². The van der Waals surface area contributed by atoms with Gasteiger partial charge in [0, 0.05) is 12.8 Å². The number of primary amides is 2. The molecule has 2 unspecified atom stereocenters. The molecule has 0 aromatic heterocycles. The first-order chi connectivity index (χ1) is 17.2. The van der Waals surface area contributed by atoms with Gasteiger partial charge in [0.2, 0.25) is 11.8 Å². The number of carbonyl (C=O) groups excluding carboxylic acids is 4. The Morgan fingerprint density at radius 2 is 1.22 bits per heavy atom. The van der Waals surface area contributed by atoms with Crippen molar-refractivity contribution in [1.29, 1.82) is 0 Å². The molecule has 19 heteroatoms. The number of rotatable bonds is 10. The van der Waals surface area contributed by atoms with Crippen molar-refractivity contribution in [3.63, 3.8) is 0 Å². The first-order valence-corrected chi connectivity index (χ1v) is 12.2. The molecule has 2 fully saturated rings. The van der Waals surface area contributed by atoms with Crippen LogP contribution in [0.25, 0.3) is 0 Å². The molecule has 0 spiro atoms. The first-order valence-electron chi connectivity index (χ1n) is 10.9. The first kappa shape index (κ1) is 26.7. The Morgan fingerprint density at radius 3 is 1.51 bits per heavy atom. The molecule has 4 rings (SSSR count). The van der Waals surface area contributed by atoms with Crippen molar-refractivity contribution < 1.29 is 46.4 Å². The summed E-state index contributed by atoms with van der Waals surface area (Å²) in [5, 5.41) is 20.0. The molecular formula is C18H26N8O10S. The van der Waals surface area contributed by atoms with Crippen molar-refractivity contribution in [2.45, 2.75) is 49.5 Å². The van der Waals surface area contributed by atoms with Gasteiger partial charge in [-0.25, -0.2) is 9.59 Å². The predicted molar refractivity (Wildman–Crippen MR) is 118 cm³/mol. The topological polar surface area (TPSA) is 278 Å². The van der Waals surface area contributed by atoms with Gasteiger partial charge in [0.1, 0.15) is 36.6 Å². The van der Waals surface area contributed by atoms with Gasteiger partial charge in [0.05, 0.1) is 13.1 Å². The summed E-state index contributed by atoms with van der Waals surface area (Å²) in [4.78, 5) is 51.3. The molecule has 204 valence electrons. The SMILES string of the molecule is NC(=O)[C@@H]1C=C(CC(N)O)[C@@H]2CN1C(=O)N2OS(=O)(=O)ON1C(=O)N2C[C@H]1C(CC(N)O)=C[C@H]2C(N)=O. The minimum Gasteiger partial charge on any atom is -0.379 e. The van der Waals surface area contributed by atoms with Crippen molar-refractivity contribution >= 4 is 34.3 Å². The summed E-state index contributed by atoms with van der Waals surface area (Å²) in [6, 6.07) is -6.76. The lowest BCUT2D eigenvalue weighted by molar-refractivity contribution is -0.121. The molecule has 0 aromatic carbocycles. The molecule has 4 aliphatic heterocycles. The summed E-state index contributed by atoms with van der Waals surface area (Å²) in [5.41, 5.74) is 22.0. The quantitative estimate of drug-likeness (QED) is 0.111. The van der Waals surface area contributed by atoms with Crippen LogP contribution < -0.4 is 22.9 Å². The van der Waals surface area contributed by atoms with Gasteiger partial charge < -0.3 is 42.9 Å². The van der Waals surface area contributed by atoms with Gasteiger partial charge in [0.15, 0.2) is 0 Å². The maximum Gasteiger partial charge on any atom is 0.442 e. The molecule has 0 radical (unpaired) electrons. The minimum absolute atomic E-state index is 0.207. The van der Waals surface area contributed by atoms with Crippen LogP contribution in [0.5, 0.6) is 0 Å². The third-order valence-corrected chi connectivity index (χ3v) is 6.95. The van der Waals surface area contributed by atoms with Crippen LogP contribution in [0.3, 0.4) is 0 Å². The summed E-state index contributed by atoms with van der Waals surface area (Å²) >= 11 is 0. The van der Waals surface area contributed by atoms with E-state index in [4.69, 9.17) is 31.5 Å². The smallest absolute Gasteiger partial charge is 0.379 e. The van der Waals surface area contributed by atoms with E-state index in [9.17, 15) is 37.8 Å². The molecule has 4 aliphatic rings. The van der Waals surface area contributed by atoms with Crippen molar-refractivity contribution in [1.82, 2.24) is 19.9 Å². The van der Waals surface area contributed by atoms with Crippen LogP contribution in [-0.4, -0.2) is 112 Å². The maximum absolute atomic E-state index is 12.9. The number of hydrogen-bond donors (Lipinski definition) is 6. The second-order valence-electron chi connectivity index (χ2n) is 8.83. The van der Waals surface area contributed by atoms with E-state index in [-0.39, 0.29) is 37.1 Å². The lowest BCUT2D eigenvalue weighted by Gasteiger charge is -2.29. The van der Waals surface area contributed by atoms with Crippen LogP contribution >= 0.6 is 0 Å². The van der Waals surface area contributed by atoms with Crippen molar-refractivity contribution in [3.05, 3.63) is 23.3 Å². The lowest BCUT2D eigenvalue weighted by atomic mass is 9.96. The molecule has 0 saturated carbocycles. The van der Waals surface area contributed by atoms with E-state index in [0.29, 0.717) is 10.1 Å². The number of aliphatic hydroxyl groups is 2. The van der Waals surface area contributed by atoms with Crippen LogP contribution in [0.2, 0.25) is 0 Å². The Labute approximate surface area is 209 Å². The average molecular weight is 547 g/mol. The summed E-state index contributed by atoms with van der Waals surface area (Å²) in [6.07, 6.45) is -0.700. The second-order valence-corrected chi connectivity index (χ2v) is 9.95. The Bertz CT molecular complexity index is 1100. The fourth-order valence-electron chi connectivity index (χ4n) is 4.75. The van der Waals surface area contributed by atoms with Crippen LogP contribution in [0.4, 0.5) is 9.59 Å². The van der Waals surface area contributed by atoms with Crippen LogP contribution in [0, 0.1) is 0 Å². The van der Waals surface area contributed by atoms with Crippen LogP contribution in [0.1, 0.15) is 12.8 Å². The Hall–Kier alpha value is -3.33. The number of hydroxylamine groups is 4. The third-order valence-electron chi connectivity index (χ3n) is 6.26. The zero-order valence-electron chi connectivity index (χ0n) is 19.1. The van der Waals surface area contributed by atoms with E-state index < -0.39 is 70.9 Å². The maximum atomic E-state index is 12.9. The van der Waals surface area contributed by atoms with E-state index in [0.717, 1.165) is 9.80 Å². The van der Waals surface area contributed by atoms with E-state index in [1.807, 2.05) is 0 Å². The highest BCUT2D eigenvalue weighted by Gasteiger charge is 2.53. The predicted octanol–water partition coefficient (Wildman–Crippen LogP) is -4.77. The Morgan fingerprint density at radius 1 is 0.865 bits per heavy atom. The zero-order chi connectivity index (χ0) is 27.4. The second kappa shape index (κ2) is 9.52. The van der Waals surface area contributed by atoms with Gasteiger partial charge in [0.25, 0.3) is 0 Å². The largest absolute Gasteiger partial charge is 0.442 e. The van der Waals surface area contributed by atoms with Crippen LogP contribution in [-0.2, 0) is 28.6 Å². The molecule has 18 nitrogen and oxygen atoms in total. The average Bonchev–Trinajstić information content (AvgIpc) is 3.18. The Balaban J connectivity index is 1.57. The number of nitrogens with zero attached hydrogens (tertiary/aromatic N) is 4. The molecule has 2 saturated heterocycles. The number of fused-ring (bicyclic) bond motifs is 4. The summed E-state index contributed by atoms with van der Waals surface area (Å²) in [5.74, 6) is -1.82. The van der Waals surface area contributed by atoms with E-state index >= 15 is 0 Å². The molecule has 0 aliphatic carbocycles. The number of hydrogen-bond acceptors (Lipinski definition) is 12. The normalized spacial score (nSPS) is 28.9. The van der Waals surface area contributed by atoms with Crippen LogP contribution in [0.15, 0.2) is 23.3 Å². The van der Waals surface area contributed by atoms with E-state index in [2.05, 4.69) is 0 Å². The molecule has 6 atom stereocenters. The molecule has 0 aromatic rings. The minimum atomic E-state index is -5.19. The van der Waals surface area contributed by atoms with Crippen molar-refractivity contribution in [2.75, 3.05) is 13.1 Å². The summed E-state index contributed by atoms with van der Waals surface area (Å²) in [7, 11) is -5.19. The van der Waals surface area contributed by atoms with E-state index in [1.165, 1.54) is 12.2 Å². The molecular weight excluding hydrogens is 520 g/mol. The molecule has 4 bridgehead atoms. The lowest BCUT2D eigenvalue weighted by Crippen LogP contribution is -2.47. The number of nitrogens with two attached hydrogens (primary N) is 4. The number of carbonyl (C=O) groups is 4. The molecule has 6 amide bonds. The standard InChI is InChI=1S/C18H26N8O10S/c19-13(27)3-7-1-9(15(21)29)23-5-11(7)25(17(23)31)35-37(33,34)36-26-12-6-24(18(26)32)10(16(22)30)2-8(12)4-14(20)28/h1-2,9-14,27-28H,3-6,19-20H2,(H2,21,29)(H2,22,30)/t9-,10-,11-,12-,13?,14?/m0/s1. The fraction of sp³-hybridized carbons (Fsp3) is 0.556. The highest BCUT2D eigenvalue weighted by atomic mass is 32.3. The van der Waals surface area contributed by atoms with Gasteiger partial charge in [-0.1, -0.05) is 12.2 Å².